The maximum atomic E-state index is 11.2. The fourth-order valence-corrected chi connectivity index (χ4v) is 1.90. The summed E-state index contributed by atoms with van der Waals surface area (Å²) in [5.41, 5.74) is 0. The van der Waals surface area contributed by atoms with Gasteiger partial charge in [-0.25, -0.2) is 8.42 Å². The summed E-state index contributed by atoms with van der Waals surface area (Å²) in [6.45, 7) is 3.55. The SMILES string of the molecule is CCC(C)C(C(=O)O)N(C)S(C)(=O)=O. The molecule has 0 spiro atoms. The third-order valence-electron chi connectivity index (χ3n) is 2.35. The van der Waals surface area contributed by atoms with E-state index in [0.717, 1.165) is 10.6 Å². The average Bonchev–Trinajstić information content (AvgIpc) is 2.01. The molecule has 1 N–H and O–H groups in total. The van der Waals surface area contributed by atoms with Crippen LogP contribution in [-0.4, -0.2) is 43.1 Å². The van der Waals surface area contributed by atoms with Crippen molar-refractivity contribution < 1.29 is 18.3 Å². The van der Waals surface area contributed by atoms with Crippen molar-refractivity contribution in [1.29, 1.82) is 0 Å². The highest BCUT2D eigenvalue weighted by molar-refractivity contribution is 7.88. The molecular formula is C8H17NO4S. The Balaban J connectivity index is 4.94. The van der Waals surface area contributed by atoms with Crippen LogP contribution in [0.5, 0.6) is 0 Å². The van der Waals surface area contributed by atoms with Crippen LogP contribution >= 0.6 is 0 Å². The van der Waals surface area contributed by atoms with Crippen LogP contribution in [-0.2, 0) is 14.8 Å². The molecule has 0 aliphatic rings. The Hall–Kier alpha value is -0.620. The first-order valence-electron chi connectivity index (χ1n) is 4.37. The molecule has 0 aliphatic carbocycles. The highest BCUT2D eigenvalue weighted by Gasteiger charge is 2.32. The quantitative estimate of drug-likeness (QED) is 0.731. The molecule has 0 radical (unpaired) electrons. The monoisotopic (exact) mass is 223 g/mol. The first kappa shape index (κ1) is 13.4. The van der Waals surface area contributed by atoms with Crippen molar-refractivity contribution in [2.45, 2.75) is 26.3 Å². The van der Waals surface area contributed by atoms with Gasteiger partial charge in [-0.3, -0.25) is 4.79 Å². The van der Waals surface area contributed by atoms with Crippen LogP contribution < -0.4 is 0 Å². The summed E-state index contributed by atoms with van der Waals surface area (Å²) in [6.07, 6.45) is 1.63. The zero-order valence-electron chi connectivity index (χ0n) is 8.89. The lowest BCUT2D eigenvalue weighted by Crippen LogP contribution is -2.45. The van der Waals surface area contributed by atoms with Crippen LogP contribution in [0.1, 0.15) is 20.3 Å². The van der Waals surface area contributed by atoms with E-state index in [2.05, 4.69) is 0 Å². The van der Waals surface area contributed by atoms with Gasteiger partial charge in [0.1, 0.15) is 6.04 Å². The predicted octanol–water partition coefficient (Wildman–Crippen LogP) is 0.377. The molecule has 84 valence electrons. The molecule has 0 aromatic rings. The van der Waals surface area contributed by atoms with Crippen LogP contribution in [0.25, 0.3) is 0 Å². The van der Waals surface area contributed by atoms with Gasteiger partial charge < -0.3 is 5.11 Å². The maximum absolute atomic E-state index is 11.2. The summed E-state index contributed by atoms with van der Waals surface area (Å²) in [6, 6.07) is -0.977. The lowest BCUT2D eigenvalue weighted by atomic mass is 10.00. The second-order valence-corrected chi connectivity index (χ2v) is 5.49. The topological polar surface area (TPSA) is 74.7 Å². The minimum absolute atomic E-state index is 0.202. The third kappa shape index (κ3) is 3.26. The van der Waals surface area contributed by atoms with Crippen molar-refractivity contribution in [3.05, 3.63) is 0 Å². The van der Waals surface area contributed by atoms with E-state index in [4.69, 9.17) is 5.11 Å². The molecule has 0 saturated heterocycles. The summed E-state index contributed by atoms with van der Waals surface area (Å²) < 4.78 is 23.2. The number of hydrogen-bond acceptors (Lipinski definition) is 3. The molecule has 0 bridgehead atoms. The van der Waals surface area contributed by atoms with E-state index in [-0.39, 0.29) is 5.92 Å². The molecule has 2 unspecified atom stereocenters. The number of carbonyl (C=O) groups is 1. The summed E-state index contributed by atoms with van der Waals surface area (Å²) in [7, 11) is -2.16. The molecule has 2 atom stereocenters. The lowest BCUT2D eigenvalue weighted by molar-refractivity contribution is -0.142. The van der Waals surface area contributed by atoms with E-state index < -0.39 is 22.0 Å². The fourth-order valence-electron chi connectivity index (χ4n) is 1.19. The number of carboxylic acids is 1. The van der Waals surface area contributed by atoms with Gasteiger partial charge in [0.25, 0.3) is 0 Å². The van der Waals surface area contributed by atoms with E-state index in [9.17, 15) is 13.2 Å². The second kappa shape index (κ2) is 4.75. The molecule has 0 aromatic carbocycles. The van der Waals surface area contributed by atoms with Gasteiger partial charge in [-0.05, 0) is 5.92 Å². The molecule has 0 fully saturated rings. The van der Waals surface area contributed by atoms with Crippen LogP contribution in [0, 0.1) is 5.92 Å². The molecule has 0 rings (SSSR count). The maximum Gasteiger partial charge on any atom is 0.322 e. The minimum atomic E-state index is -3.45. The molecule has 0 aromatic heterocycles. The Kier molecular flexibility index (Phi) is 4.54. The van der Waals surface area contributed by atoms with Crippen molar-refractivity contribution in [2.24, 2.45) is 5.92 Å². The average molecular weight is 223 g/mol. The number of rotatable bonds is 5. The zero-order valence-corrected chi connectivity index (χ0v) is 9.71. The van der Waals surface area contributed by atoms with Gasteiger partial charge in [0.05, 0.1) is 6.26 Å². The Labute approximate surface area is 84.8 Å². The molecule has 0 aliphatic heterocycles. The number of aliphatic carboxylic acids is 1. The highest BCUT2D eigenvalue weighted by Crippen LogP contribution is 2.15. The zero-order chi connectivity index (χ0) is 11.5. The first-order valence-corrected chi connectivity index (χ1v) is 6.22. The summed E-state index contributed by atoms with van der Waals surface area (Å²) in [5.74, 6) is -1.31. The largest absolute Gasteiger partial charge is 0.480 e. The summed E-state index contributed by atoms with van der Waals surface area (Å²) >= 11 is 0. The Morgan fingerprint density at radius 3 is 2.14 bits per heavy atom. The summed E-state index contributed by atoms with van der Waals surface area (Å²) in [4.78, 5) is 10.9. The Morgan fingerprint density at radius 2 is 1.93 bits per heavy atom. The van der Waals surface area contributed by atoms with Crippen LogP contribution in [0.3, 0.4) is 0 Å². The lowest BCUT2D eigenvalue weighted by Gasteiger charge is -2.26. The molecular weight excluding hydrogens is 206 g/mol. The van der Waals surface area contributed by atoms with E-state index in [1.54, 1.807) is 6.92 Å². The van der Waals surface area contributed by atoms with E-state index in [1.807, 2.05) is 6.92 Å². The van der Waals surface area contributed by atoms with E-state index in [1.165, 1.54) is 7.05 Å². The molecule has 0 heterocycles. The number of sulfonamides is 1. The van der Waals surface area contributed by atoms with Crippen molar-refractivity contribution in [1.82, 2.24) is 4.31 Å². The molecule has 0 saturated carbocycles. The number of hydrogen-bond donors (Lipinski definition) is 1. The van der Waals surface area contributed by atoms with Crippen molar-refractivity contribution in [2.75, 3.05) is 13.3 Å². The van der Waals surface area contributed by atoms with Gasteiger partial charge in [-0.2, -0.15) is 4.31 Å². The van der Waals surface area contributed by atoms with Crippen LogP contribution in [0.4, 0.5) is 0 Å². The van der Waals surface area contributed by atoms with Gasteiger partial charge in [-0.15, -0.1) is 0 Å². The normalized spacial score (nSPS) is 16.6. The highest BCUT2D eigenvalue weighted by atomic mass is 32.2. The molecule has 0 amide bonds. The molecule has 5 nitrogen and oxygen atoms in total. The fraction of sp³-hybridized carbons (Fsp3) is 0.875. The number of carboxylic acid groups (broad SMARTS) is 1. The van der Waals surface area contributed by atoms with Gasteiger partial charge in [0.2, 0.25) is 10.0 Å². The van der Waals surface area contributed by atoms with Gasteiger partial charge in [-0.1, -0.05) is 20.3 Å². The van der Waals surface area contributed by atoms with E-state index in [0.29, 0.717) is 6.42 Å². The third-order valence-corrected chi connectivity index (χ3v) is 3.62. The van der Waals surface area contributed by atoms with Crippen molar-refractivity contribution in [3.63, 3.8) is 0 Å². The Bertz CT molecular complexity index is 298. The van der Waals surface area contributed by atoms with Gasteiger partial charge >= 0.3 is 5.97 Å². The molecule has 6 heteroatoms. The standard InChI is InChI=1S/C8H17NO4S/c1-5-6(2)7(8(10)11)9(3)14(4,12)13/h6-7H,5H2,1-4H3,(H,10,11). The van der Waals surface area contributed by atoms with Gasteiger partial charge in [0.15, 0.2) is 0 Å². The van der Waals surface area contributed by atoms with Crippen molar-refractivity contribution >= 4 is 16.0 Å². The Morgan fingerprint density at radius 1 is 1.50 bits per heavy atom. The minimum Gasteiger partial charge on any atom is -0.480 e. The first-order chi connectivity index (χ1) is 6.21. The number of likely N-dealkylation sites (N-methyl/N-ethyl adjacent to an activating group) is 1. The van der Waals surface area contributed by atoms with Crippen LogP contribution in [0.15, 0.2) is 0 Å². The van der Waals surface area contributed by atoms with Gasteiger partial charge in [0, 0.05) is 7.05 Å². The summed E-state index contributed by atoms with van der Waals surface area (Å²) in [5, 5.41) is 8.90. The second-order valence-electron chi connectivity index (χ2n) is 3.45. The van der Waals surface area contributed by atoms with Crippen LogP contribution in [0.2, 0.25) is 0 Å². The van der Waals surface area contributed by atoms with E-state index >= 15 is 0 Å². The molecule has 14 heavy (non-hydrogen) atoms. The predicted molar refractivity (Wildman–Crippen MR) is 53.5 cm³/mol. The number of nitrogens with zero attached hydrogens (tertiary/aromatic N) is 1. The van der Waals surface area contributed by atoms with Crippen molar-refractivity contribution in [3.8, 4) is 0 Å². The smallest absolute Gasteiger partial charge is 0.322 e.